The van der Waals surface area contributed by atoms with E-state index in [9.17, 15) is 10.2 Å². The number of aliphatic hydroxyl groups is 2. The molecule has 2 aromatic carbocycles. The molecule has 168 valence electrons. The molecule has 2 heterocycles. The predicted molar refractivity (Wildman–Crippen MR) is 122 cm³/mol. The second-order valence-electron chi connectivity index (χ2n) is 10.1. The SMILES string of the molecule is COc1ccc2c(c1)OC1(CCN(C[C@H](O)c3ccc(C(C)(C)C)cc3)CC1)C[C@@H]2O. The van der Waals surface area contributed by atoms with E-state index in [0.717, 1.165) is 48.6 Å². The lowest BCUT2D eigenvalue weighted by Crippen LogP contribution is -2.51. The Morgan fingerprint density at radius 3 is 2.42 bits per heavy atom. The maximum Gasteiger partial charge on any atom is 0.129 e. The minimum atomic E-state index is -0.520. The van der Waals surface area contributed by atoms with E-state index in [0.29, 0.717) is 13.0 Å². The van der Waals surface area contributed by atoms with Crippen LogP contribution in [0.5, 0.6) is 11.5 Å². The molecule has 0 saturated carbocycles. The number of aliphatic hydroxyl groups excluding tert-OH is 2. The molecule has 0 aliphatic carbocycles. The number of rotatable bonds is 4. The lowest BCUT2D eigenvalue weighted by Gasteiger charge is -2.46. The maximum atomic E-state index is 10.8. The van der Waals surface area contributed by atoms with Gasteiger partial charge >= 0.3 is 0 Å². The van der Waals surface area contributed by atoms with E-state index in [1.165, 1.54) is 5.56 Å². The highest BCUT2D eigenvalue weighted by molar-refractivity contribution is 5.44. The second kappa shape index (κ2) is 8.45. The summed E-state index contributed by atoms with van der Waals surface area (Å²) >= 11 is 0. The van der Waals surface area contributed by atoms with Crippen molar-refractivity contribution < 1.29 is 19.7 Å². The van der Waals surface area contributed by atoms with Crippen LogP contribution in [0.2, 0.25) is 0 Å². The highest BCUT2D eigenvalue weighted by Crippen LogP contribution is 2.45. The molecule has 0 aromatic heterocycles. The van der Waals surface area contributed by atoms with Crippen LogP contribution in [0.1, 0.15) is 68.9 Å². The van der Waals surface area contributed by atoms with Gasteiger partial charge in [0.1, 0.15) is 17.1 Å². The number of likely N-dealkylation sites (tertiary alicyclic amines) is 1. The van der Waals surface area contributed by atoms with Crippen LogP contribution >= 0.6 is 0 Å². The van der Waals surface area contributed by atoms with E-state index in [1.54, 1.807) is 7.11 Å². The predicted octanol–water partition coefficient (Wildman–Crippen LogP) is 4.38. The molecule has 2 atom stereocenters. The third-order valence-electron chi connectivity index (χ3n) is 6.83. The molecule has 2 N–H and O–H groups in total. The van der Waals surface area contributed by atoms with E-state index >= 15 is 0 Å². The zero-order valence-corrected chi connectivity index (χ0v) is 19.1. The van der Waals surface area contributed by atoms with Gasteiger partial charge < -0.3 is 24.6 Å². The van der Waals surface area contributed by atoms with Crippen molar-refractivity contribution in [2.45, 2.75) is 63.3 Å². The normalized spacial score (nSPS) is 21.9. The molecular formula is C26H35NO4. The van der Waals surface area contributed by atoms with Gasteiger partial charge in [-0.2, -0.15) is 0 Å². The molecule has 1 spiro atoms. The quantitative estimate of drug-likeness (QED) is 0.761. The molecule has 0 amide bonds. The van der Waals surface area contributed by atoms with Crippen molar-refractivity contribution >= 4 is 0 Å². The summed E-state index contributed by atoms with van der Waals surface area (Å²) in [5.74, 6) is 1.46. The Balaban J connectivity index is 1.37. The van der Waals surface area contributed by atoms with Crippen LogP contribution < -0.4 is 9.47 Å². The first-order chi connectivity index (χ1) is 14.7. The number of piperidine rings is 1. The Morgan fingerprint density at radius 1 is 1.13 bits per heavy atom. The summed E-state index contributed by atoms with van der Waals surface area (Å²) in [6, 6.07) is 13.9. The van der Waals surface area contributed by atoms with Crippen LogP contribution in [0.4, 0.5) is 0 Å². The van der Waals surface area contributed by atoms with Crippen molar-refractivity contribution in [3.05, 3.63) is 59.2 Å². The van der Waals surface area contributed by atoms with E-state index in [2.05, 4.69) is 37.8 Å². The van der Waals surface area contributed by atoms with Crippen molar-refractivity contribution in [1.29, 1.82) is 0 Å². The van der Waals surface area contributed by atoms with Crippen molar-refractivity contribution in [3.63, 3.8) is 0 Å². The molecule has 5 heteroatoms. The van der Waals surface area contributed by atoms with Gasteiger partial charge in [-0.1, -0.05) is 45.0 Å². The van der Waals surface area contributed by atoms with Crippen LogP contribution in [0.3, 0.4) is 0 Å². The molecular weight excluding hydrogens is 390 g/mol. The fourth-order valence-corrected chi connectivity index (χ4v) is 4.75. The number of hydrogen-bond acceptors (Lipinski definition) is 5. The van der Waals surface area contributed by atoms with E-state index < -0.39 is 12.2 Å². The topological polar surface area (TPSA) is 62.2 Å². The van der Waals surface area contributed by atoms with Crippen molar-refractivity contribution in [2.24, 2.45) is 0 Å². The molecule has 2 aliphatic heterocycles. The number of nitrogens with zero attached hydrogens (tertiary/aromatic N) is 1. The highest BCUT2D eigenvalue weighted by atomic mass is 16.5. The fraction of sp³-hybridized carbons (Fsp3) is 0.538. The minimum Gasteiger partial charge on any atom is -0.497 e. The number of benzene rings is 2. The fourth-order valence-electron chi connectivity index (χ4n) is 4.75. The van der Waals surface area contributed by atoms with Crippen LogP contribution in [0.25, 0.3) is 0 Å². The number of fused-ring (bicyclic) bond motifs is 1. The Kier molecular flexibility index (Phi) is 6.03. The maximum absolute atomic E-state index is 10.8. The first-order valence-corrected chi connectivity index (χ1v) is 11.2. The highest BCUT2D eigenvalue weighted by Gasteiger charge is 2.43. The molecule has 2 aromatic rings. The van der Waals surface area contributed by atoms with Gasteiger partial charge in [0.25, 0.3) is 0 Å². The van der Waals surface area contributed by atoms with Crippen LogP contribution in [-0.2, 0) is 5.41 Å². The third-order valence-corrected chi connectivity index (χ3v) is 6.83. The number of ether oxygens (including phenoxy) is 2. The molecule has 0 radical (unpaired) electrons. The summed E-state index contributed by atoms with van der Waals surface area (Å²) in [5.41, 5.74) is 2.82. The van der Waals surface area contributed by atoms with Gasteiger partial charge in [0.15, 0.2) is 0 Å². The largest absolute Gasteiger partial charge is 0.497 e. The molecule has 0 bridgehead atoms. The summed E-state index contributed by atoms with van der Waals surface area (Å²) < 4.78 is 11.7. The number of β-amino-alcohol motifs (C(OH)–C–C–N with tert-alkyl or cyclic N) is 1. The first-order valence-electron chi connectivity index (χ1n) is 11.2. The third kappa shape index (κ3) is 4.74. The van der Waals surface area contributed by atoms with Gasteiger partial charge in [0, 0.05) is 37.7 Å². The monoisotopic (exact) mass is 425 g/mol. The van der Waals surface area contributed by atoms with Gasteiger partial charge in [-0.25, -0.2) is 0 Å². The average Bonchev–Trinajstić information content (AvgIpc) is 2.74. The van der Waals surface area contributed by atoms with Crippen molar-refractivity contribution in [3.8, 4) is 11.5 Å². The van der Waals surface area contributed by atoms with Gasteiger partial charge in [0.05, 0.1) is 19.3 Å². The summed E-state index contributed by atoms with van der Waals surface area (Å²) in [7, 11) is 1.64. The van der Waals surface area contributed by atoms with Crippen LogP contribution in [0.15, 0.2) is 42.5 Å². The molecule has 0 unspecified atom stereocenters. The first kappa shape index (κ1) is 22.1. The Morgan fingerprint density at radius 2 is 1.81 bits per heavy atom. The Bertz CT molecular complexity index is 895. The smallest absolute Gasteiger partial charge is 0.129 e. The lowest BCUT2D eigenvalue weighted by atomic mass is 9.81. The zero-order chi connectivity index (χ0) is 22.2. The molecule has 4 rings (SSSR count). The van der Waals surface area contributed by atoms with E-state index in [1.807, 2.05) is 30.3 Å². The standard InChI is InChI=1S/C26H35NO4/c1-25(2,3)19-7-5-18(6-8-19)23(29)17-27-13-11-26(12-14-27)16-22(28)21-10-9-20(30-4)15-24(21)31-26/h5-10,15,22-23,28-29H,11-14,16-17H2,1-4H3/t22-,23-/m0/s1. The summed E-state index contributed by atoms with van der Waals surface area (Å²) in [6.45, 7) is 8.87. The number of hydrogen-bond donors (Lipinski definition) is 2. The average molecular weight is 426 g/mol. The van der Waals surface area contributed by atoms with Gasteiger partial charge in [-0.15, -0.1) is 0 Å². The summed E-state index contributed by atoms with van der Waals surface area (Å²) in [5, 5.41) is 21.5. The van der Waals surface area contributed by atoms with E-state index in [-0.39, 0.29) is 11.0 Å². The lowest BCUT2D eigenvalue weighted by molar-refractivity contribution is -0.0588. The van der Waals surface area contributed by atoms with Crippen molar-refractivity contribution in [2.75, 3.05) is 26.7 Å². The molecule has 1 saturated heterocycles. The molecule has 1 fully saturated rings. The second-order valence-corrected chi connectivity index (χ2v) is 10.1. The minimum absolute atomic E-state index is 0.109. The summed E-state index contributed by atoms with van der Waals surface area (Å²) in [4.78, 5) is 2.30. The van der Waals surface area contributed by atoms with Crippen LogP contribution in [-0.4, -0.2) is 47.5 Å². The van der Waals surface area contributed by atoms with Gasteiger partial charge in [0.2, 0.25) is 0 Å². The number of methoxy groups -OCH3 is 1. The summed E-state index contributed by atoms with van der Waals surface area (Å²) in [6.07, 6.45) is 1.24. The van der Waals surface area contributed by atoms with Crippen LogP contribution in [0, 0.1) is 0 Å². The Hall–Kier alpha value is -2.08. The Labute approximate surface area is 185 Å². The molecule has 2 aliphatic rings. The van der Waals surface area contributed by atoms with Crippen molar-refractivity contribution in [1.82, 2.24) is 4.90 Å². The van der Waals surface area contributed by atoms with Gasteiger partial charge in [-0.3, -0.25) is 0 Å². The molecule has 5 nitrogen and oxygen atoms in total. The molecule has 31 heavy (non-hydrogen) atoms. The van der Waals surface area contributed by atoms with Gasteiger partial charge in [-0.05, 0) is 41.5 Å². The zero-order valence-electron chi connectivity index (χ0n) is 19.1. The van der Waals surface area contributed by atoms with E-state index in [4.69, 9.17) is 9.47 Å².